The topological polar surface area (TPSA) is 57.0 Å². The van der Waals surface area contributed by atoms with Gasteiger partial charge in [0, 0.05) is 22.5 Å². The highest BCUT2D eigenvalue weighted by molar-refractivity contribution is 8.00. The van der Waals surface area contributed by atoms with Crippen molar-refractivity contribution in [1.29, 1.82) is 5.26 Å². The second-order valence-corrected chi connectivity index (χ2v) is 9.87. The summed E-state index contributed by atoms with van der Waals surface area (Å²) < 4.78 is 13.6. The second kappa shape index (κ2) is 11.8. The molecule has 0 aliphatic carbocycles. The van der Waals surface area contributed by atoms with Crippen molar-refractivity contribution in [3.8, 4) is 28.5 Å². The van der Waals surface area contributed by atoms with Crippen LogP contribution >= 0.6 is 11.8 Å². The van der Waals surface area contributed by atoms with E-state index in [1.807, 2.05) is 97.9 Å². The molecule has 39 heavy (non-hydrogen) atoms. The molecule has 6 heteroatoms. The number of aromatic nitrogens is 1. The lowest BCUT2D eigenvalue weighted by molar-refractivity contribution is -0.115. The van der Waals surface area contributed by atoms with E-state index in [1.54, 1.807) is 17.0 Å². The van der Waals surface area contributed by atoms with Crippen molar-refractivity contribution >= 4 is 29.0 Å². The standard InChI is InChI=1S/C33H24FN3OS/c1-23-12-14-24(15-13-23)29-20-31(25-16-18-26(34)19-17-25)36-33(30(29)21-35)39-22-32(38)37(27-8-4-2-5-9-27)28-10-6-3-7-11-28/h2-20H,22H2,1H3. The Labute approximate surface area is 231 Å². The Hall–Kier alpha value is -4.73. The molecule has 5 rings (SSSR count). The Bertz CT molecular complexity index is 1590. The fraction of sp³-hybridized carbons (Fsp3) is 0.0606. The highest BCUT2D eigenvalue weighted by Gasteiger charge is 2.21. The summed E-state index contributed by atoms with van der Waals surface area (Å²) in [5.41, 5.74) is 5.91. The number of anilines is 2. The lowest BCUT2D eigenvalue weighted by Gasteiger charge is -2.23. The van der Waals surface area contributed by atoms with Crippen LogP contribution in [0.4, 0.5) is 15.8 Å². The predicted molar refractivity (Wildman–Crippen MR) is 155 cm³/mol. The Morgan fingerprint density at radius 3 is 1.97 bits per heavy atom. The van der Waals surface area contributed by atoms with Gasteiger partial charge < -0.3 is 0 Å². The molecule has 4 aromatic carbocycles. The van der Waals surface area contributed by atoms with E-state index in [2.05, 4.69) is 6.07 Å². The van der Waals surface area contributed by atoms with Gasteiger partial charge in [-0.05, 0) is 67.1 Å². The summed E-state index contributed by atoms with van der Waals surface area (Å²) in [4.78, 5) is 20.1. The smallest absolute Gasteiger partial charge is 0.241 e. The summed E-state index contributed by atoms with van der Waals surface area (Å²) in [5, 5.41) is 10.6. The summed E-state index contributed by atoms with van der Waals surface area (Å²) in [6.07, 6.45) is 0. The highest BCUT2D eigenvalue weighted by atomic mass is 32.2. The van der Waals surface area contributed by atoms with Crippen LogP contribution in [0.25, 0.3) is 22.4 Å². The molecule has 0 unspecified atom stereocenters. The third-order valence-electron chi connectivity index (χ3n) is 6.21. The number of nitriles is 1. The zero-order chi connectivity index (χ0) is 27.2. The normalized spacial score (nSPS) is 10.6. The molecule has 0 aliphatic rings. The maximum absolute atomic E-state index is 13.7. The maximum atomic E-state index is 13.7. The van der Waals surface area contributed by atoms with Crippen LogP contribution in [-0.4, -0.2) is 16.6 Å². The average molecular weight is 530 g/mol. The van der Waals surface area contributed by atoms with Gasteiger partial charge in [-0.3, -0.25) is 9.69 Å². The van der Waals surface area contributed by atoms with E-state index in [0.717, 1.165) is 28.1 Å². The van der Waals surface area contributed by atoms with E-state index in [4.69, 9.17) is 4.98 Å². The van der Waals surface area contributed by atoms with Crippen LogP contribution in [0, 0.1) is 24.1 Å². The van der Waals surface area contributed by atoms with Crippen LogP contribution in [0.3, 0.4) is 0 Å². The number of carbonyl (C=O) groups is 1. The number of rotatable bonds is 7. The monoisotopic (exact) mass is 529 g/mol. The number of aryl methyl sites for hydroxylation is 1. The average Bonchev–Trinajstić information content (AvgIpc) is 2.97. The number of hydrogen-bond acceptors (Lipinski definition) is 4. The van der Waals surface area contributed by atoms with Crippen molar-refractivity contribution < 1.29 is 9.18 Å². The molecule has 4 nitrogen and oxygen atoms in total. The van der Waals surface area contributed by atoms with Gasteiger partial charge in [0.1, 0.15) is 16.9 Å². The number of amides is 1. The molecule has 1 heterocycles. The van der Waals surface area contributed by atoms with Crippen LogP contribution in [0.15, 0.2) is 120 Å². The molecular weight excluding hydrogens is 505 g/mol. The predicted octanol–water partition coefficient (Wildman–Crippen LogP) is 8.19. The van der Waals surface area contributed by atoms with E-state index >= 15 is 0 Å². The van der Waals surface area contributed by atoms with Gasteiger partial charge >= 0.3 is 0 Å². The Balaban J connectivity index is 1.54. The van der Waals surface area contributed by atoms with Crippen molar-refractivity contribution in [2.75, 3.05) is 10.7 Å². The third kappa shape index (κ3) is 5.90. The molecule has 5 aromatic rings. The first-order valence-electron chi connectivity index (χ1n) is 12.4. The summed E-state index contributed by atoms with van der Waals surface area (Å²) in [7, 11) is 0. The van der Waals surface area contributed by atoms with E-state index < -0.39 is 0 Å². The highest BCUT2D eigenvalue weighted by Crippen LogP contribution is 2.35. The summed E-state index contributed by atoms with van der Waals surface area (Å²) in [6.45, 7) is 2.00. The first kappa shape index (κ1) is 25.9. The van der Waals surface area contributed by atoms with E-state index in [0.29, 0.717) is 21.8 Å². The van der Waals surface area contributed by atoms with Crippen LogP contribution in [-0.2, 0) is 4.79 Å². The third-order valence-corrected chi connectivity index (χ3v) is 7.17. The number of carbonyl (C=O) groups excluding carboxylic acids is 1. The molecule has 0 spiro atoms. The van der Waals surface area contributed by atoms with Gasteiger partial charge in [-0.15, -0.1) is 0 Å². The van der Waals surface area contributed by atoms with E-state index in [-0.39, 0.29) is 17.5 Å². The minimum Gasteiger partial charge on any atom is -0.280 e. The molecule has 190 valence electrons. The fourth-order valence-corrected chi connectivity index (χ4v) is 5.10. The lowest BCUT2D eigenvalue weighted by atomic mass is 9.98. The van der Waals surface area contributed by atoms with Gasteiger partial charge in [0.25, 0.3) is 0 Å². The van der Waals surface area contributed by atoms with Crippen LogP contribution in [0.1, 0.15) is 11.1 Å². The zero-order valence-electron chi connectivity index (χ0n) is 21.2. The summed E-state index contributed by atoms with van der Waals surface area (Å²) in [6, 6.07) is 37.1. The molecule has 0 radical (unpaired) electrons. The largest absolute Gasteiger partial charge is 0.280 e. The Kier molecular flexibility index (Phi) is 7.81. The van der Waals surface area contributed by atoms with Crippen molar-refractivity contribution in [3.05, 3.63) is 132 Å². The summed E-state index contributed by atoms with van der Waals surface area (Å²) >= 11 is 1.22. The second-order valence-electron chi connectivity index (χ2n) is 8.91. The van der Waals surface area contributed by atoms with Crippen molar-refractivity contribution in [2.45, 2.75) is 11.9 Å². The van der Waals surface area contributed by atoms with Gasteiger partial charge in [-0.25, -0.2) is 9.37 Å². The number of pyridine rings is 1. The number of nitrogens with zero attached hydrogens (tertiary/aromatic N) is 3. The number of thioether (sulfide) groups is 1. The van der Waals surface area contributed by atoms with Gasteiger partial charge in [-0.2, -0.15) is 5.26 Å². The fourth-order valence-electron chi connectivity index (χ4n) is 4.25. The molecule has 0 aliphatic heterocycles. The Morgan fingerprint density at radius 1 is 0.846 bits per heavy atom. The van der Waals surface area contributed by atoms with Gasteiger partial charge in [0.15, 0.2) is 0 Å². The van der Waals surface area contributed by atoms with Gasteiger partial charge in [0.2, 0.25) is 5.91 Å². The molecule has 0 bridgehead atoms. The van der Waals surface area contributed by atoms with E-state index in [9.17, 15) is 14.4 Å². The van der Waals surface area contributed by atoms with Crippen LogP contribution in [0.2, 0.25) is 0 Å². The van der Waals surface area contributed by atoms with E-state index in [1.165, 1.54) is 23.9 Å². The number of benzene rings is 4. The van der Waals surface area contributed by atoms with Crippen molar-refractivity contribution in [1.82, 2.24) is 4.98 Å². The molecular formula is C33H24FN3OS. The van der Waals surface area contributed by atoms with Crippen molar-refractivity contribution in [2.24, 2.45) is 0 Å². The Morgan fingerprint density at radius 2 is 1.41 bits per heavy atom. The molecule has 1 aromatic heterocycles. The molecule has 0 atom stereocenters. The lowest BCUT2D eigenvalue weighted by Crippen LogP contribution is -2.27. The van der Waals surface area contributed by atoms with Crippen molar-refractivity contribution in [3.63, 3.8) is 0 Å². The quantitative estimate of drug-likeness (QED) is 0.199. The molecule has 0 saturated carbocycles. The van der Waals surface area contributed by atoms with Gasteiger partial charge in [-0.1, -0.05) is 78.0 Å². The van der Waals surface area contributed by atoms with Gasteiger partial charge in [0.05, 0.1) is 17.0 Å². The van der Waals surface area contributed by atoms with Crippen LogP contribution < -0.4 is 4.90 Å². The summed E-state index contributed by atoms with van der Waals surface area (Å²) in [5.74, 6) is -0.425. The number of para-hydroxylation sites is 2. The zero-order valence-corrected chi connectivity index (χ0v) is 22.0. The molecule has 0 N–H and O–H groups in total. The minimum atomic E-state index is -0.340. The minimum absolute atomic E-state index is 0.0612. The molecule has 1 amide bonds. The number of hydrogen-bond donors (Lipinski definition) is 0. The first-order chi connectivity index (χ1) is 19.0. The SMILES string of the molecule is Cc1ccc(-c2cc(-c3ccc(F)cc3)nc(SCC(=O)N(c3ccccc3)c3ccccc3)c2C#N)cc1. The first-order valence-corrected chi connectivity index (χ1v) is 13.4. The molecule has 0 fully saturated rings. The van der Waals surface area contributed by atoms with Crippen LogP contribution in [0.5, 0.6) is 0 Å². The maximum Gasteiger partial charge on any atom is 0.241 e. The number of halogens is 1. The molecule has 0 saturated heterocycles.